The molecule has 5 heteroatoms. The Kier molecular flexibility index (Phi) is 4.95. The van der Waals surface area contributed by atoms with E-state index in [1.165, 1.54) is 6.07 Å². The lowest BCUT2D eigenvalue weighted by atomic mass is 10.1. The Hall–Kier alpha value is -0.680. The number of nitrogens with one attached hydrogen (secondary N) is 2. The third kappa shape index (κ3) is 3.65. The van der Waals surface area contributed by atoms with Crippen LogP contribution in [0.5, 0.6) is 0 Å². The average Bonchev–Trinajstić information content (AvgIpc) is 2.37. The highest BCUT2D eigenvalue weighted by Crippen LogP contribution is 2.20. The molecule has 1 aromatic carbocycles. The van der Waals surface area contributed by atoms with Gasteiger partial charge in [0.05, 0.1) is 12.7 Å². The van der Waals surface area contributed by atoms with Crippen molar-refractivity contribution < 1.29 is 9.13 Å². The minimum atomic E-state index is -0.216. The van der Waals surface area contributed by atoms with E-state index in [0.29, 0.717) is 17.1 Å². The summed E-state index contributed by atoms with van der Waals surface area (Å²) >= 11 is 6.07. The third-order valence-electron chi connectivity index (χ3n) is 3.02. The summed E-state index contributed by atoms with van der Waals surface area (Å²) in [6.07, 6.45) is 0.174. The van der Waals surface area contributed by atoms with Gasteiger partial charge in [0.2, 0.25) is 0 Å². The number of halogens is 2. The Morgan fingerprint density at radius 2 is 2.39 bits per heavy atom. The van der Waals surface area contributed by atoms with Crippen LogP contribution in [0.15, 0.2) is 12.1 Å². The first-order valence-corrected chi connectivity index (χ1v) is 6.52. The van der Waals surface area contributed by atoms with E-state index in [-0.39, 0.29) is 11.9 Å². The van der Waals surface area contributed by atoms with Gasteiger partial charge >= 0.3 is 0 Å². The van der Waals surface area contributed by atoms with Crippen LogP contribution in [0, 0.1) is 12.7 Å². The molecule has 0 amide bonds. The molecule has 1 heterocycles. The van der Waals surface area contributed by atoms with Crippen LogP contribution in [0.25, 0.3) is 0 Å². The molecule has 1 saturated heterocycles. The van der Waals surface area contributed by atoms with Gasteiger partial charge in [-0.05, 0) is 30.2 Å². The summed E-state index contributed by atoms with van der Waals surface area (Å²) in [5, 5.41) is 7.10. The van der Waals surface area contributed by atoms with E-state index in [0.717, 1.165) is 31.8 Å². The predicted molar refractivity (Wildman–Crippen MR) is 70.5 cm³/mol. The monoisotopic (exact) mass is 272 g/mol. The first kappa shape index (κ1) is 13.7. The zero-order valence-electron chi connectivity index (χ0n) is 10.4. The maximum Gasteiger partial charge on any atom is 0.126 e. The zero-order valence-corrected chi connectivity index (χ0v) is 11.2. The van der Waals surface area contributed by atoms with Crippen molar-refractivity contribution in [3.63, 3.8) is 0 Å². The van der Waals surface area contributed by atoms with Crippen molar-refractivity contribution in [1.82, 2.24) is 10.6 Å². The smallest absolute Gasteiger partial charge is 0.126 e. The second-order valence-corrected chi connectivity index (χ2v) is 4.93. The summed E-state index contributed by atoms with van der Waals surface area (Å²) in [7, 11) is 0. The van der Waals surface area contributed by atoms with Crippen molar-refractivity contribution in [2.24, 2.45) is 0 Å². The molecule has 2 rings (SSSR count). The molecule has 18 heavy (non-hydrogen) atoms. The lowest BCUT2D eigenvalue weighted by molar-refractivity contribution is 0.0290. The molecule has 0 radical (unpaired) electrons. The van der Waals surface area contributed by atoms with Gasteiger partial charge in [-0.3, -0.25) is 0 Å². The summed E-state index contributed by atoms with van der Waals surface area (Å²) in [6.45, 7) is 5.50. The Bertz CT molecular complexity index is 408. The molecule has 0 aromatic heterocycles. The molecule has 1 unspecified atom stereocenters. The lowest BCUT2D eigenvalue weighted by Gasteiger charge is -2.24. The second-order valence-electron chi connectivity index (χ2n) is 4.52. The number of benzene rings is 1. The van der Waals surface area contributed by atoms with Gasteiger partial charge in [-0.25, -0.2) is 4.39 Å². The molecular weight excluding hydrogens is 255 g/mol. The first-order valence-electron chi connectivity index (χ1n) is 6.14. The maximum atomic E-state index is 13.4. The van der Waals surface area contributed by atoms with Gasteiger partial charge in [-0.2, -0.15) is 0 Å². The van der Waals surface area contributed by atoms with Gasteiger partial charge in [0, 0.05) is 31.2 Å². The van der Waals surface area contributed by atoms with Gasteiger partial charge in [-0.1, -0.05) is 11.6 Å². The Morgan fingerprint density at radius 1 is 1.56 bits per heavy atom. The Labute approximate surface area is 112 Å². The number of ether oxygens (including phenoxy) is 1. The summed E-state index contributed by atoms with van der Waals surface area (Å²) in [6, 6.07) is 3.15. The molecule has 1 aromatic rings. The van der Waals surface area contributed by atoms with Crippen molar-refractivity contribution in [3.8, 4) is 0 Å². The summed E-state index contributed by atoms with van der Waals surface area (Å²) in [5.74, 6) is -0.216. The molecule has 2 N–H and O–H groups in total. The van der Waals surface area contributed by atoms with Crippen molar-refractivity contribution in [3.05, 3.63) is 34.1 Å². The molecule has 0 bridgehead atoms. The van der Waals surface area contributed by atoms with Crippen LogP contribution >= 0.6 is 11.6 Å². The third-order valence-corrected chi connectivity index (χ3v) is 3.37. The van der Waals surface area contributed by atoms with Crippen LogP contribution < -0.4 is 10.6 Å². The van der Waals surface area contributed by atoms with E-state index < -0.39 is 0 Å². The highest BCUT2D eigenvalue weighted by atomic mass is 35.5. The van der Waals surface area contributed by atoms with E-state index in [4.69, 9.17) is 16.3 Å². The maximum absolute atomic E-state index is 13.4. The van der Waals surface area contributed by atoms with E-state index in [1.807, 2.05) is 0 Å². The predicted octanol–water partition coefficient (Wildman–Crippen LogP) is 1.87. The quantitative estimate of drug-likeness (QED) is 0.878. The summed E-state index contributed by atoms with van der Waals surface area (Å²) in [4.78, 5) is 0. The van der Waals surface area contributed by atoms with E-state index in [1.54, 1.807) is 13.0 Å². The van der Waals surface area contributed by atoms with Crippen LogP contribution in [0.1, 0.15) is 11.1 Å². The lowest BCUT2D eigenvalue weighted by Crippen LogP contribution is -2.43. The van der Waals surface area contributed by atoms with Crippen molar-refractivity contribution in [2.45, 2.75) is 19.6 Å². The van der Waals surface area contributed by atoms with Crippen LogP contribution in [-0.4, -0.2) is 32.3 Å². The van der Waals surface area contributed by atoms with Crippen LogP contribution in [0.2, 0.25) is 5.02 Å². The molecule has 100 valence electrons. The molecule has 1 aliphatic rings. The molecule has 3 nitrogen and oxygen atoms in total. The molecule has 1 fully saturated rings. The molecule has 0 spiro atoms. The fourth-order valence-electron chi connectivity index (χ4n) is 1.94. The van der Waals surface area contributed by atoms with Crippen LogP contribution in [0.3, 0.4) is 0 Å². The van der Waals surface area contributed by atoms with E-state index >= 15 is 0 Å². The fourth-order valence-corrected chi connectivity index (χ4v) is 2.23. The Balaban J connectivity index is 1.84. The second kappa shape index (κ2) is 6.48. The molecule has 0 saturated carbocycles. The number of aryl methyl sites for hydroxylation is 1. The minimum absolute atomic E-state index is 0.174. The highest BCUT2D eigenvalue weighted by Gasteiger charge is 2.13. The largest absolute Gasteiger partial charge is 0.374 e. The number of hydrogen-bond donors (Lipinski definition) is 2. The van der Waals surface area contributed by atoms with Crippen molar-refractivity contribution >= 4 is 11.6 Å². The van der Waals surface area contributed by atoms with Gasteiger partial charge in [0.15, 0.2) is 0 Å². The number of morpholine rings is 1. The van der Waals surface area contributed by atoms with Crippen molar-refractivity contribution in [1.29, 1.82) is 0 Å². The molecule has 1 atom stereocenters. The summed E-state index contributed by atoms with van der Waals surface area (Å²) in [5.41, 5.74) is 1.35. The first-order chi connectivity index (χ1) is 8.66. The molecular formula is C13H18ClFN2O. The molecule has 0 aliphatic carbocycles. The van der Waals surface area contributed by atoms with Gasteiger partial charge in [0.25, 0.3) is 0 Å². The van der Waals surface area contributed by atoms with Gasteiger partial charge in [-0.15, -0.1) is 0 Å². The normalized spacial score (nSPS) is 20.1. The number of rotatable bonds is 4. The topological polar surface area (TPSA) is 33.3 Å². The number of hydrogen-bond acceptors (Lipinski definition) is 3. The standard InChI is InChI=1S/C13H18ClFN2O/c1-9-4-12(14)10(5-13(9)15)6-17-8-11-7-16-2-3-18-11/h4-5,11,16-17H,2-3,6-8H2,1H3. The van der Waals surface area contributed by atoms with E-state index in [9.17, 15) is 4.39 Å². The van der Waals surface area contributed by atoms with Crippen molar-refractivity contribution in [2.75, 3.05) is 26.2 Å². The SMILES string of the molecule is Cc1cc(Cl)c(CNCC2CNCCO2)cc1F. The Morgan fingerprint density at radius 3 is 3.11 bits per heavy atom. The van der Waals surface area contributed by atoms with Gasteiger partial charge in [0.1, 0.15) is 5.82 Å². The minimum Gasteiger partial charge on any atom is -0.374 e. The summed E-state index contributed by atoms with van der Waals surface area (Å²) < 4.78 is 19.0. The molecule has 1 aliphatic heterocycles. The van der Waals surface area contributed by atoms with E-state index in [2.05, 4.69) is 10.6 Å². The highest BCUT2D eigenvalue weighted by molar-refractivity contribution is 6.31. The van der Waals surface area contributed by atoms with Crippen LogP contribution in [-0.2, 0) is 11.3 Å². The fraction of sp³-hybridized carbons (Fsp3) is 0.538. The van der Waals surface area contributed by atoms with Gasteiger partial charge < -0.3 is 15.4 Å². The average molecular weight is 273 g/mol. The van der Waals surface area contributed by atoms with Crippen LogP contribution in [0.4, 0.5) is 4.39 Å². The zero-order chi connectivity index (χ0) is 13.0.